The summed E-state index contributed by atoms with van der Waals surface area (Å²) in [6, 6.07) is 15.7. The van der Waals surface area contributed by atoms with E-state index in [0.717, 1.165) is 25.1 Å². The van der Waals surface area contributed by atoms with Crippen molar-refractivity contribution >= 4 is 5.78 Å². The summed E-state index contributed by atoms with van der Waals surface area (Å²) in [5, 5.41) is 18.2. The molecular weight excluding hydrogens is 378 g/mol. The predicted molar refractivity (Wildman–Crippen MR) is 114 cm³/mol. The van der Waals surface area contributed by atoms with Crippen LogP contribution >= 0.6 is 0 Å². The quantitative estimate of drug-likeness (QED) is 0.574. The van der Waals surface area contributed by atoms with Crippen LogP contribution in [0.1, 0.15) is 46.6 Å². The van der Waals surface area contributed by atoms with Gasteiger partial charge in [-0.25, -0.2) is 0 Å². The number of aliphatic hydroxyl groups is 1. The molecule has 4 rings (SSSR count). The summed E-state index contributed by atoms with van der Waals surface area (Å²) in [7, 11) is 0. The van der Waals surface area contributed by atoms with Gasteiger partial charge in [-0.3, -0.25) is 9.69 Å². The molecule has 156 valence electrons. The van der Waals surface area contributed by atoms with Crippen LogP contribution in [0, 0.1) is 6.92 Å². The summed E-state index contributed by atoms with van der Waals surface area (Å²) in [6.07, 6.45) is 2.35. The molecule has 1 aromatic heterocycles. The van der Waals surface area contributed by atoms with Crippen LogP contribution < -0.4 is 0 Å². The van der Waals surface area contributed by atoms with Crippen molar-refractivity contribution in [2.24, 2.45) is 0 Å². The van der Waals surface area contributed by atoms with Gasteiger partial charge in [0.1, 0.15) is 0 Å². The van der Waals surface area contributed by atoms with E-state index in [9.17, 15) is 9.90 Å². The summed E-state index contributed by atoms with van der Waals surface area (Å²) in [6.45, 7) is 4.25. The largest absolute Gasteiger partial charge is 0.421 e. The molecule has 0 fully saturated rings. The number of ketones is 1. The lowest BCUT2D eigenvalue weighted by Crippen LogP contribution is -2.36. The van der Waals surface area contributed by atoms with Crippen molar-refractivity contribution in [3.63, 3.8) is 0 Å². The van der Waals surface area contributed by atoms with Crippen molar-refractivity contribution in [2.45, 2.75) is 45.3 Å². The fourth-order valence-electron chi connectivity index (χ4n) is 3.95. The molecule has 3 aromatic rings. The van der Waals surface area contributed by atoms with Crippen molar-refractivity contribution < 1.29 is 14.3 Å². The van der Waals surface area contributed by atoms with Gasteiger partial charge in [0.25, 0.3) is 0 Å². The first-order chi connectivity index (χ1) is 14.6. The highest BCUT2D eigenvalue weighted by atomic mass is 16.4. The molecule has 0 bridgehead atoms. The Bertz CT molecular complexity index is 997. The molecule has 1 atom stereocenters. The number of Topliss-reactive ketones (excluding diaryl/α,β-unsaturated/α-hetero) is 1. The molecule has 2 heterocycles. The van der Waals surface area contributed by atoms with Crippen LogP contribution in [0.5, 0.6) is 0 Å². The second-order valence-electron chi connectivity index (χ2n) is 7.93. The molecule has 30 heavy (non-hydrogen) atoms. The first-order valence-corrected chi connectivity index (χ1v) is 10.5. The van der Waals surface area contributed by atoms with Gasteiger partial charge in [0.15, 0.2) is 5.78 Å². The minimum atomic E-state index is -0.411. The predicted octanol–water partition coefficient (Wildman–Crippen LogP) is 3.82. The van der Waals surface area contributed by atoms with Gasteiger partial charge in [0.05, 0.1) is 6.10 Å². The van der Waals surface area contributed by atoms with Crippen LogP contribution in [0.25, 0.3) is 11.5 Å². The third-order valence-electron chi connectivity index (χ3n) is 5.60. The fraction of sp³-hybridized carbons (Fsp3) is 0.375. The van der Waals surface area contributed by atoms with E-state index in [-0.39, 0.29) is 5.78 Å². The molecular formula is C24H27N3O3. The molecule has 1 unspecified atom stereocenters. The number of carbonyl (C=O) groups excluding carboxylic acids is 1. The summed E-state index contributed by atoms with van der Waals surface area (Å²) in [5.74, 6) is 1.05. The van der Waals surface area contributed by atoms with Gasteiger partial charge in [-0.15, -0.1) is 10.2 Å². The number of fused-ring (bicyclic) bond motifs is 1. The molecule has 2 aromatic carbocycles. The standard InChI is InChI=1S/C24H27N3O3/c1-17-25-26-24(30-17)20-11-9-19(10-12-20)23(29)8-4-7-22(28)16-27-14-13-18-5-2-3-6-21(18)15-27/h2-3,5-6,9-12,22,28H,4,7-8,13-16H2,1H3. The van der Waals surface area contributed by atoms with E-state index in [1.165, 1.54) is 11.1 Å². The van der Waals surface area contributed by atoms with Crippen molar-refractivity contribution in [3.8, 4) is 11.5 Å². The highest BCUT2D eigenvalue weighted by molar-refractivity contribution is 5.96. The number of aryl methyl sites for hydroxylation is 1. The molecule has 0 saturated heterocycles. The Kier molecular flexibility index (Phi) is 6.35. The second-order valence-corrected chi connectivity index (χ2v) is 7.93. The fourth-order valence-corrected chi connectivity index (χ4v) is 3.95. The third kappa shape index (κ3) is 5.01. The first kappa shape index (κ1) is 20.4. The van der Waals surface area contributed by atoms with Crippen molar-refractivity contribution in [1.82, 2.24) is 15.1 Å². The number of β-amino-alcohol motifs (C(OH)–C–C–N with tert-alkyl or cyclic N) is 1. The zero-order valence-electron chi connectivity index (χ0n) is 17.3. The number of rotatable bonds is 8. The summed E-state index contributed by atoms with van der Waals surface area (Å²) in [4.78, 5) is 14.8. The minimum absolute atomic E-state index is 0.0855. The number of nitrogens with zero attached hydrogens (tertiary/aromatic N) is 3. The molecule has 1 aliphatic heterocycles. The number of benzene rings is 2. The van der Waals surface area contributed by atoms with Gasteiger partial charge in [0.2, 0.25) is 11.8 Å². The second kappa shape index (κ2) is 9.32. The first-order valence-electron chi connectivity index (χ1n) is 10.5. The number of carbonyl (C=O) groups is 1. The van der Waals surface area contributed by atoms with Gasteiger partial charge in [-0.1, -0.05) is 36.4 Å². The maximum absolute atomic E-state index is 12.5. The topological polar surface area (TPSA) is 79.5 Å². The van der Waals surface area contributed by atoms with Crippen molar-refractivity contribution in [3.05, 3.63) is 71.1 Å². The molecule has 0 spiro atoms. The molecule has 1 aliphatic rings. The van der Waals surface area contributed by atoms with Gasteiger partial charge in [-0.2, -0.15) is 0 Å². The van der Waals surface area contributed by atoms with Crippen molar-refractivity contribution in [1.29, 1.82) is 0 Å². The number of aromatic nitrogens is 2. The number of hydrogen-bond acceptors (Lipinski definition) is 6. The Morgan fingerprint density at radius 2 is 1.90 bits per heavy atom. The van der Waals surface area contributed by atoms with Gasteiger partial charge in [-0.05, 0) is 42.5 Å². The Morgan fingerprint density at radius 3 is 2.63 bits per heavy atom. The van der Waals surface area contributed by atoms with Crippen LogP contribution in [0.2, 0.25) is 0 Å². The van der Waals surface area contributed by atoms with E-state index in [2.05, 4.69) is 39.4 Å². The lowest BCUT2D eigenvalue weighted by atomic mass is 9.99. The molecule has 0 saturated carbocycles. The smallest absolute Gasteiger partial charge is 0.247 e. The summed E-state index contributed by atoms with van der Waals surface area (Å²) < 4.78 is 5.40. The molecule has 0 radical (unpaired) electrons. The molecule has 6 nitrogen and oxygen atoms in total. The Labute approximate surface area is 176 Å². The van der Waals surface area contributed by atoms with E-state index in [1.54, 1.807) is 19.1 Å². The van der Waals surface area contributed by atoms with E-state index in [1.807, 2.05) is 12.1 Å². The van der Waals surface area contributed by atoms with E-state index >= 15 is 0 Å². The van der Waals surface area contributed by atoms with Crippen LogP contribution in [0.3, 0.4) is 0 Å². The van der Waals surface area contributed by atoms with E-state index in [4.69, 9.17) is 4.42 Å². The SMILES string of the molecule is Cc1nnc(-c2ccc(C(=O)CCCC(O)CN3CCc4ccccc4C3)cc2)o1. The maximum atomic E-state index is 12.5. The Balaban J connectivity index is 1.22. The Morgan fingerprint density at radius 1 is 1.13 bits per heavy atom. The van der Waals surface area contributed by atoms with Crippen LogP contribution in [0.4, 0.5) is 0 Å². The van der Waals surface area contributed by atoms with E-state index in [0.29, 0.717) is 43.2 Å². The van der Waals surface area contributed by atoms with Gasteiger partial charge in [0, 0.05) is 44.1 Å². The molecule has 0 aliphatic carbocycles. The van der Waals surface area contributed by atoms with E-state index < -0.39 is 6.10 Å². The molecule has 0 amide bonds. The number of aliphatic hydroxyl groups excluding tert-OH is 1. The highest BCUT2D eigenvalue weighted by Crippen LogP contribution is 2.21. The summed E-state index contributed by atoms with van der Waals surface area (Å²) in [5.41, 5.74) is 4.22. The number of hydrogen-bond donors (Lipinski definition) is 1. The highest BCUT2D eigenvalue weighted by Gasteiger charge is 2.18. The average Bonchev–Trinajstić information content (AvgIpc) is 3.20. The zero-order chi connectivity index (χ0) is 20.9. The van der Waals surface area contributed by atoms with Crippen LogP contribution in [-0.4, -0.2) is 45.2 Å². The third-order valence-corrected chi connectivity index (χ3v) is 5.60. The maximum Gasteiger partial charge on any atom is 0.247 e. The van der Waals surface area contributed by atoms with Gasteiger partial charge >= 0.3 is 0 Å². The lowest BCUT2D eigenvalue weighted by molar-refractivity contribution is 0.0901. The van der Waals surface area contributed by atoms with Gasteiger partial charge < -0.3 is 9.52 Å². The molecule has 6 heteroatoms. The summed E-state index contributed by atoms with van der Waals surface area (Å²) >= 11 is 0. The molecule has 1 N–H and O–H groups in total. The normalized spacial score (nSPS) is 15.0. The van der Waals surface area contributed by atoms with Crippen LogP contribution in [-0.2, 0) is 13.0 Å². The minimum Gasteiger partial charge on any atom is -0.421 e. The Hall–Kier alpha value is -2.83. The zero-order valence-corrected chi connectivity index (χ0v) is 17.3. The lowest BCUT2D eigenvalue weighted by Gasteiger charge is -2.30. The average molecular weight is 405 g/mol. The monoisotopic (exact) mass is 405 g/mol. The van der Waals surface area contributed by atoms with Crippen LogP contribution in [0.15, 0.2) is 52.9 Å². The van der Waals surface area contributed by atoms with Crippen molar-refractivity contribution in [2.75, 3.05) is 13.1 Å².